The third-order valence-corrected chi connectivity index (χ3v) is 17.6. The van der Waals surface area contributed by atoms with Crippen molar-refractivity contribution in [1.29, 1.82) is 0 Å². The van der Waals surface area contributed by atoms with Gasteiger partial charge in [-0.05, 0) is 91.4 Å². The number of hydrogen-bond donors (Lipinski definition) is 13. The Morgan fingerprint density at radius 3 is 1.49 bits per heavy atom. The fraction of sp³-hybridized carbons (Fsp3) is 0.432. The summed E-state index contributed by atoms with van der Waals surface area (Å²) in [5.74, 6) is -1.62. The first-order valence-electron chi connectivity index (χ1n) is 41.6. The number of nitrogens with zero attached hydrogens (tertiary/aromatic N) is 20. The second kappa shape index (κ2) is 64.4. The van der Waals surface area contributed by atoms with Crippen LogP contribution in [0.1, 0.15) is 96.4 Å². The van der Waals surface area contributed by atoms with E-state index < -0.39 is 50.0 Å². The Kier molecular flexibility index (Phi) is 56.2. The summed E-state index contributed by atoms with van der Waals surface area (Å²) < 4.78 is 59.5. The van der Waals surface area contributed by atoms with Crippen molar-refractivity contribution in [2.24, 2.45) is 5.73 Å². The number of esters is 1. The van der Waals surface area contributed by atoms with E-state index >= 15 is 0 Å². The molecule has 0 fully saturated rings. The van der Waals surface area contributed by atoms with Gasteiger partial charge in [-0.3, -0.25) is 32.7 Å². The molecule has 0 unspecified atom stereocenters. The maximum absolute atomic E-state index is 12.3. The Morgan fingerprint density at radius 2 is 1.04 bits per heavy atom. The van der Waals surface area contributed by atoms with Crippen molar-refractivity contribution in [3.8, 4) is 53.6 Å². The van der Waals surface area contributed by atoms with Crippen LogP contribution in [0.15, 0.2) is 87.6 Å². The summed E-state index contributed by atoms with van der Waals surface area (Å²) in [5, 5.41) is 38.8. The number of aliphatic carboxylic acids is 2. The number of aliphatic hydroxyl groups excluding tert-OH is 2. The molecule has 12 aromatic rings. The second-order valence-corrected chi connectivity index (χ2v) is 28.3. The van der Waals surface area contributed by atoms with Gasteiger partial charge in [-0.25, -0.2) is 48.9 Å². The molecule has 0 aromatic carbocycles. The monoisotopic (exact) mass is 2020 g/mol. The van der Waals surface area contributed by atoms with E-state index in [0.29, 0.717) is 138 Å². The van der Waals surface area contributed by atoms with Gasteiger partial charge < -0.3 is 127 Å². The van der Waals surface area contributed by atoms with Crippen LogP contribution >= 0.6 is 15.9 Å². The molecule has 56 heteroatoms. The molecule has 2 aliphatic heterocycles. The summed E-state index contributed by atoms with van der Waals surface area (Å²) in [6.45, 7) is 7.78. The summed E-state index contributed by atoms with van der Waals surface area (Å²) in [4.78, 5) is 157. The van der Waals surface area contributed by atoms with Crippen LogP contribution in [0.5, 0.6) is 53.6 Å². The van der Waals surface area contributed by atoms with Gasteiger partial charge in [-0.1, -0.05) is 65.8 Å². The number of likely N-dealkylation sites (N-methyl/N-ethyl adjacent to an activating group) is 2. The number of halogens is 1. The molecule has 0 aliphatic carbocycles. The van der Waals surface area contributed by atoms with E-state index in [0.717, 1.165) is 42.4 Å². The minimum absolute atomic E-state index is 0. The fourth-order valence-electron chi connectivity index (χ4n) is 10.5. The van der Waals surface area contributed by atoms with Gasteiger partial charge in [-0.2, -0.15) is 44.9 Å². The maximum atomic E-state index is 12.3. The Labute approximate surface area is 843 Å². The van der Waals surface area contributed by atoms with Crippen molar-refractivity contribution in [2.75, 3.05) is 158 Å². The molecule has 137 heavy (non-hydrogen) atoms. The number of imidazole rings is 4. The molecule has 0 saturated carbocycles. The molecule has 730 valence electrons. The molecule has 0 spiro atoms. The number of rotatable bonds is 31. The Hall–Kier alpha value is -11.7. The number of nitrogen functional groups attached to an aromatic ring is 4. The van der Waals surface area contributed by atoms with Gasteiger partial charge in [0.05, 0.1) is 66.3 Å². The summed E-state index contributed by atoms with van der Waals surface area (Å²) in [5.41, 5.74) is 34.9. The molecule has 14 rings (SSSR count). The molecule has 0 atom stereocenters. The Morgan fingerprint density at radius 1 is 0.562 bits per heavy atom. The van der Waals surface area contributed by atoms with Crippen molar-refractivity contribution < 1.29 is 96.6 Å². The summed E-state index contributed by atoms with van der Waals surface area (Å²) in [7, 11) is 19.8. The molecule has 4 bridgehead atoms. The van der Waals surface area contributed by atoms with Crippen molar-refractivity contribution in [3.63, 3.8) is 0 Å². The molecule has 3 amide bonds. The van der Waals surface area contributed by atoms with E-state index in [1.165, 1.54) is 101 Å². The number of amides is 3. The zero-order valence-corrected chi connectivity index (χ0v) is 84.5. The zero-order valence-electron chi connectivity index (χ0n) is 76.7. The number of ether oxygens (including phenoxy) is 10. The number of aliphatic hydroxyl groups is 2. The van der Waals surface area contributed by atoms with Crippen molar-refractivity contribution >= 4 is 198 Å². The second-order valence-electron chi connectivity index (χ2n) is 27.6. The number of unbranched alkanes of at least 4 members (excludes halogenated alkanes) is 2. The number of methoxy groups -OCH3 is 1. The van der Waals surface area contributed by atoms with Crippen LogP contribution in [0.25, 0.3) is 44.7 Å². The van der Waals surface area contributed by atoms with Gasteiger partial charge >= 0.3 is 116 Å². The first kappa shape index (κ1) is 120. The molecule has 14 heterocycles. The average molecular weight is 2030 g/mol. The number of aromatic nitrogens is 20. The van der Waals surface area contributed by atoms with Crippen LogP contribution in [-0.4, -0.2) is 378 Å². The molecule has 12 aromatic heterocycles. The van der Waals surface area contributed by atoms with Crippen LogP contribution in [0.4, 0.5) is 23.3 Å². The van der Waals surface area contributed by atoms with E-state index in [1.54, 1.807) is 94.7 Å². The molecule has 0 saturated heterocycles. The fourth-order valence-corrected chi connectivity index (χ4v) is 11.0. The van der Waals surface area contributed by atoms with E-state index in [9.17, 15) is 38.4 Å². The van der Waals surface area contributed by atoms with Crippen LogP contribution < -0.4 is 93.3 Å². The Balaban J connectivity index is 0.000000436. The van der Waals surface area contributed by atoms with E-state index in [-0.39, 0.29) is 130 Å². The predicted octanol–water partition coefficient (Wildman–Crippen LogP) is 0.715. The number of carbonyl (C=O) groups excluding carboxylic acids is 4. The van der Waals surface area contributed by atoms with Crippen molar-refractivity contribution in [2.45, 2.75) is 100 Å². The summed E-state index contributed by atoms with van der Waals surface area (Å²) >= 11 is 5.96. The van der Waals surface area contributed by atoms with E-state index in [2.05, 4.69) is 140 Å². The number of pyridine rings is 4. The summed E-state index contributed by atoms with van der Waals surface area (Å²) in [6.07, 6.45) is 11.3. The number of fused-ring (bicyclic) bond motifs is 12. The molecular formula is C81H114B2BrK2N29O22. The first-order valence-corrected chi connectivity index (χ1v) is 58.4. The minimum atomic E-state index is -1.10. The number of nitrogens with two attached hydrogens (primary N) is 5. The number of carboxylic acids is 2. The Bertz CT molecular complexity index is 5850. The van der Waals surface area contributed by atoms with Crippen LogP contribution in [0.2, 0.25) is 0 Å². The van der Waals surface area contributed by atoms with E-state index in [1.807, 2.05) is 24.7 Å². The molecule has 4 radical (unpaired) electrons. The number of carbonyl (C=O) groups is 6. The van der Waals surface area contributed by atoms with Crippen molar-refractivity contribution in [1.82, 2.24) is 118 Å². The number of hydrogen-bond acceptors (Lipinski definition) is 40. The zero-order chi connectivity index (χ0) is 99.6. The van der Waals surface area contributed by atoms with Crippen molar-refractivity contribution in [3.05, 3.63) is 121 Å². The normalized spacial score (nSPS) is 11.0. The predicted molar refractivity (Wildman–Crippen MR) is 512 cm³/mol. The van der Waals surface area contributed by atoms with E-state index in [4.69, 9.17) is 91.7 Å². The number of anilines is 4. The van der Waals surface area contributed by atoms with Gasteiger partial charge in [0.25, 0.3) is 17.8 Å². The number of nitrogens with one attached hydrogen (secondary N) is 4. The third kappa shape index (κ3) is 39.8. The topological polar surface area (TPSA) is 702 Å². The van der Waals surface area contributed by atoms with Gasteiger partial charge in [-0.15, -0.1) is 0 Å². The first-order chi connectivity index (χ1) is 64.9. The molecule has 18 N–H and O–H groups in total. The average Bonchev–Trinajstić information content (AvgIpc) is 1.65. The van der Waals surface area contributed by atoms with Crippen LogP contribution in [0.3, 0.4) is 0 Å². The molecular weight excluding hydrogens is 1910 g/mol. The third-order valence-electron chi connectivity index (χ3n) is 17.0. The standard InChI is InChI=1S/C19H24BrN7O3.C18H22N6O5.C16H19N7O5.C16H17N7O4.C4H9NO2.C4H8O3.C2H7N.2CH4.B2.2K/c1-4-5-8-29-19-24-16(21)15-17(25-19)27(18(20)23-15)10-12-6-7-13(22-9-12)30-11-14(28)26(2)3;1-3-4-7-28-17-22-15(19)14-16(23-17)24(18(21-14)27-2)9-11-5-6-12(20-8-11)29-10-13(25)26;17-4-1-5-27-15-21-13(18)12-14(22-15)23(16(26)20-12)7-9-2-3-10(19-6-9)28-8-11(24)25;17-13-12-14-22-15(21-13)26-5-1-4-18-10(24)8-27-11-3-2-9(6-19-11)7-23(14)16(25)20-12;1-5(2)4(7)3-6;1-2-7-4(6)3-5;1-3-2;;;1-2;;/h6-7,9H,4-5,8,10-11H2,1-3H3,(H2,21,24,25);5-6,8H,3-4,7,9-10H2,1-2H3,(H,25,26)(H2,19,22,23);2-3,6H,1,4-5,7-8,17H2,(H,20,26)(H,24,25)(H2,18,21,22);2-3,6H,1,4-5,7-8H2,(H,18,24)(H,20,25)(H2,17,21,22);6H,3H2,1-2H3;5H,2-3H2,1H3;3H,1-2H3;2*1H4;;;. The SMILES string of the molecule is C.C.CCCCOc1nc(N)c2nc(Br)n(Cc3ccc(OCC(=O)N(C)C)nc3)c2n1.CCCCOc1nc(N)c2nc(OC)n(Cc3ccc(OCC(=O)O)nc3)c2n1.CCOC(=O)CO.CN(C)C(=O)CO.CNC.NCCCOc1nc(N)c2[nH]c(=O)n(Cc3ccc(OCC(=O)O)nc3)c2n1.Nc1nc2nc3c1[nH]c(=O)n3Cc1ccc(nc1)OCC(=O)NCCCO2.[B][B].[K][K]. The quantitative estimate of drug-likeness (QED) is 0.0123. The summed E-state index contributed by atoms with van der Waals surface area (Å²) in [6, 6.07) is 14.4. The van der Waals surface area contributed by atoms with Crippen LogP contribution in [0, 0.1) is 0 Å². The number of aromatic amines is 2. The van der Waals surface area contributed by atoms with Gasteiger partial charge in [0.2, 0.25) is 29.4 Å². The van der Waals surface area contributed by atoms with Crippen LogP contribution in [-0.2, 0) is 59.7 Å². The van der Waals surface area contributed by atoms with Gasteiger partial charge in [0, 0.05) is 99.3 Å². The number of carboxylic acid groups (broad SMARTS) is 2. The number of H-pyrrole nitrogens is 2. The van der Waals surface area contributed by atoms with Gasteiger partial charge in [0.1, 0.15) is 24.2 Å². The molecule has 51 nitrogen and oxygen atoms in total. The van der Waals surface area contributed by atoms with Gasteiger partial charge in [0.15, 0.2) is 88.1 Å². The molecule has 2 aliphatic rings.